The van der Waals surface area contributed by atoms with Crippen molar-refractivity contribution >= 4 is 22.8 Å². The number of nitrogens with zero attached hydrogens (tertiary/aromatic N) is 3. The molecule has 2 unspecified atom stereocenters. The van der Waals surface area contributed by atoms with E-state index >= 15 is 0 Å². The molecule has 0 amide bonds. The predicted octanol–water partition coefficient (Wildman–Crippen LogP) is 3.02. The summed E-state index contributed by atoms with van der Waals surface area (Å²) in [6, 6.07) is 0.368. The number of aromatic amines is 1. The molecule has 6 nitrogen and oxygen atoms in total. The van der Waals surface area contributed by atoms with Crippen LogP contribution in [0.15, 0.2) is 6.20 Å². The molecule has 0 fully saturated rings. The number of hydrogen-bond acceptors (Lipinski definition) is 5. The Hall–Kier alpha value is -1.85. The van der Waals surface area contributed by atoms with Crippen LogP contribution in [0.5, 0.6) is 0 Å². The molecule has 0 aliphatic rings. The lowest BCUT2D eigenvalue weighted by atomic mass is 10.0. The van der Waals surface area contributed by atoms with Gasteiger partial charge in [0.1, 0.15) is 5.82 Å². The SMILES string of the molecule is CCNc1nc(NC(C)CC(C)CC)c2cn[nH]c2n1. The number of hydrogen-bond donors (Lipinski definition) is 3. The second-order valence-electron chi connectivity index (χ2n) is 5.35. The molecule has 0 aliphatic carbocycles. The Bertz CT molecular complexity index is 550. The van der Waals surface area contributed by atoms with Crippen molar-refractivity contribution in [1.29, 1.82) is 0 Å². The van der Waals surface area contributed by atoms with E-state index in [-0.39, 0.29) is 0 Å². The first kappa shape index (κ1) is 14.6. The van der Waals surface area contributed by atoms with Crippen molar-refractivity contribution < 1.29 is 0 Å². The fourth-order valence-corrected chi connectivity index (χ4v) is 2.24. The van der Waals surface area contributed by atoms with Crippen molar-refractivity contribution in [2.75, 3.05) is 17.2 Å². The number of nitrogens with one attached hydrogen (secondary N) is 3. The third-order valence-corrected chi connectivity index (χ3v) is 3.48. The summed E-state index contributed by atoms with van der Waals surface area (Å²) in [5, 5.41) is 14.5. The van der Waals surface area contributed by atoms with E-state index in [4.69, 9.17) is 0 Å². The normalized spacial score (nSPS) is 14.2. The summed E-state index contributed by atoms with van der Waals surface area (Å²) in [6.07, 6.45) is 4.08. The molecule has 0 aromatic carbocycles. The zero-order valence-electron chi connectivity index (χ0n) is 12.7. The molecule has 0 saturated carbocycles. The molecule has 20 heavy (non-hydrogen) atoms. The van der Waals surface area contributed by atoms with Gasteiger partial charge in [-0.05, 0) is 26.2 Å². The van der Waals surface area contributed by atoms with Crippen LogP contribution in [-0.4, -0.2) is 32.8 Å². The summed E-state index contributed by atoms with van der Waals surface area (Å²) < 4.78 is 0. The molecule has 2 aromatic heterocycles. The highest BCUT2D eigenvalue weighted by Crippen LogP contribution is 2.22. The van der Waals surface area contributed by atoms with Gasteiger partial charge in [-0.3, -0.25) is 5.10 Å². The van der Waals surface area contributed by atoms with E-state index in [2.05, 4.69) is 51.6 Å². The molecule has 0 radical (unpaired) electrons. The molecule has 2 heterocycles. The maximum atomic E-state index is 4.54. The zero-order chi connectivity index (χ0) is 14.5. The Morgan fingerprint density at radius 1 is 1.25 bits per heavy atom. The summed E-state index contributed by atoms with van der Waals surface area (Å²) >= 11 is 0. The minimum absolute atomic E-state index is 0.368. The number of rotatable bonds is 7. The summed E-state index contributed by atoms with van der Waals surface area (Å²) in [5.41, 5.74) is 0.759. The number of anilines is 2. The van der Waals surface area contributed by atoms with Crippen LogP contribution < -0.4 is 10.6 Å². The topological polar surface area (TPSA) is 78.5 Å². The van der Waals surface area contributed by atoms with Crippen LogP contribution in [0.2, 0.25) is 0 Å². The van der Waals surface area contributed by atoms with Crippen LogP contribution in [0.25, 0.3) is 11.0 Å². The standard InChI is InChI=1S/C14H24N6/c1-5-9(3)7-10(4)17-12-11-8-16-20-13(11)19-14(18-12)15-6-2/h8-10H,5-7H2,1-4H3,(H3,15,16,17,18,19,20). The highest BCUT2D eigenvalue weighted by Gasteiger charge is 2.13. The van der Waals surface area contributed by atoms with E-state index in [0.717, 1.165) is 29.8 Å². The summed E-state index contributed by atoms with van der Waals surface area (Å²) in [6.45, 7) is 9.50. The first-order valence-corrected chi connectivity index (χ1v) is 7.35. The molecular weight excluding hydrogens is 252 g/mol. The monoisotopic (exact) mass is 276 g/mol. The average Bonchev–Trinajstić information content (AvgIpc) is 2.87. The van der Waals surface area contributed by atoms with E-state index in [1.54, 1.807) is 6.20 Å². The van der Waals surface area contributed by atoms with Crippen LogP contribution in [-0.2, 0) is 0 Å². The first-order valence-electron chi connectivity index (χ1n) is 7.35. The lowest BCUT2D eigenvalue weighted by molar-refractivity contribution is 0.483. The van der Waals surface area contributed by atoms with Crippen molar-refractivity contribution in [2.45, 2.75) is 46.6 Å². The Balaban J connectivity index is 2.21. The van der Waals surface area contributed by atoms with Gasteiger partial charge in [-0.15, -0.1) is 0 Å². The van der Waals surface area contributed by atoms with Gasteiger partial charge >= 0.3 is 0 Å². The lowest BCUT2D eigenvalue weighted by Gasteiger charge is -2.18. The van der Waals surface area contributed by atoms with Gasteiger partial charge in [0, 0.05) is 12.6 Å². The third kappa shape index (κ3) is 3.37. The van der Waals surface area contributed by atoms with Gasteiger partial charge in [0.15, 0.2) is 5.65 Å². The van der Waals surface area contributed by atoms with Crippen LogP contribution in [0.4, 0.5) is 11.8 Å². The maximum absolute atomic E-state index is 4.54. The molecule has 0 bridgehead atoms. The third-order valence-electron chi connectivity index (χ3n) is 3.48. The predicted molar refractivity (Wildman–Crippen MR) is 83.0 cm³/mol. The van der Waals surface area contributed by atoms with Gasteiger partial charge < -0.3 is 10.6 Å². The van der Waals surface area contributed by atoms with Crippen molar-refractivity contribution in [3.05, 3.63) is 6.20 Å². The molecule has 3 N–H and O–H groups in total. The van der Waals surface area contributed by atoms with E-state index in [9.17, 15) is 0 Å². The van der Waals surface area contributed by atoms with Crippen LogP contribution in [0, 0.1) is 5.92 Å². The minimum atomic E-state index is 0.368. The highest BCUT2D eigenvalue weighted by atomic mass is 15.2. The van der Waals surface area contributed by atoms with E-state index in [1.807, 2.05) is 6.92 Å². The van der Waals surface area contributed by atoms with Gasteiger partial charge in [-0.1, -0.05) is 20.3 Å². The van der Waals surface area contributed by atoms with Crippen molar-refractivity contribution in [1.82, 2.24) is 20.2 Å². The zero-order valence-corrected chi connectivity index (χ0v) is 12.7. The molecule has 0 aliphatic heterocycles. The average molecular weight is 276 g/mol. The minimum Gasteiger partial charge on any atom is -0.367 e. The van der Waals surface area contributed by atoms with Crippen molar-refractivity contribution in [2.24, 2.45) is 5.92 Å². The lowest BCUT2D eigenvalue weighted by Crippen LogP contribution is -2.19. The van der Waals surface area contributed by atoms with Gasteiger partial charge in [-0.2, -0.15) is 15.1 Å². The molecule has 110 valence electrons. The Kier molecular flexibility index (Phi) is 4.76. The fraction of sp³-hybridized carbons (Fsp3) is 0.643. The van der Waals surface area contributed by atoms with Gasteiger partial charge in [0.05, 0.1) is 11.6 Å². The number of aromatic nitrogens is 4. The fourth-order valence-electron chi connectivity index (χ4n) is 2.24. The smallest absolute Gasteiger partial charge is 0.226 e. The first-order chi connectivity index (χ1) is 9.63. The quantitative estimate of drug-likeness (QED) is 0.724. The van der Waals surface area contributed by atoms with Crippen molar-refractivity contribution in [3.8, 4) is 0 Å². The summed E-state index contributed by atoms with van der Waals surface area (Å²) in [5.74, 6) is 2.17. The summed E-state index contributed by atoms with van der Waals surface area (Å²) in [4.78, 5) is 8.93. The van der Waals surface area contributed by atoms with E-state index < -0.39 is 0 Å². The van der Waals surface area contributed by atoms with E-state index in [0.29, 0.717) is 17.9 Å². The number of fused-ring (bicyclic) bond motifs is 1. The number of H-pyrrole nitrogens is 1. The molecular formula is C14H24N6. The largest absolute Gasteiger partial charge is 0.367 e. The van der Waals surface area contributed by atoms with Crippen LogP contribution in [0.1, 0.15) is 40.5 Å². The molecule has 2 atom stereocenters. The maximum Gasteiger partial charge on any atom is 0.226 e. The van der Waals surface area contributed by atoms with Gasteiger partial charge in [-0.25, -0.2) is 0 Å². The second kappa shape index (κ2) is 6.54. The van der Waals surface area contributed by atoms with Crippen LogP contribution >= 0.6 is 0 Å². The Morgan fingerprint density at radius 3 is 2.75 bits per heavy atom. The van der Waals surface area contributed by atoms with Crippen molar-refractivity contribution in [3.63, 3.8) is 0 Å². The molecule has 6 heteroatoms. The highest BCUT2D eigenvalue weighted by molar-refractivity contribution is 5.87. The molecule has 0 spiro atoms. The molecule has 2 aromatic rings. The second-order valence-corrected chi connectivity index (χ2v) is 5.35. The summed E-state index contributed by atoms with van der Waals surface area (Å²) in [7, 11) is 0. The molecule has 2 rings (SSSR count). The molecule has 0 saturated heterocycles. The Morgan fingerprint density at radius 2 is 2.05 bits per heavy atom. The van der Waals surface area contributed by atoms with E-state index in [1.165, 1.54) is 6.42 Å². The van der Waals surface area contributed by atoms with Gasteiger partial charge in [0.2, 0.25) is 5.95 Å². The van der Waals surface area contributed by atoms with Gasteiger partial charge in [0.25, 0.3) is 0 Å². The Labute approximate surface area is 119 Å². The van der Waals surface area contributed by atoms with Crippen LogP contribution in [0.3, 0.4) is 0 Å².